The molecule has 0 radical (unpaired) electrons. The van der Waals surface area contributed by atoms with E-state index in [1.54, 1.807) is 4.90 Å². The number of anilines is 1. The smallest absolute Gasteiger partial charge is 0.292 e. The van der Waals surface area contributed by atoms with Crippen LogP contribution in [0.15, 0.2) is 18.2 Å². The lowest BCUT2D eigenvalue weighted by Gasteiger charge is -2.33. The SMILES string of the molecule is NCC1CN(c2cc(C(N)=O)ccc2[N+](=O)[O-])CCO1. The summed E-state index contributed by atoms with van der Waals surface area (Å²) in [6.45, 7) is 1.71. The average molecular weight is 280 g/mol. The van der Waals surface area contributed by atoms with E-state index in [4.69, 9.17) is 16.2 Å². The Hall–Kier alpha value is -2.19. The van der Waals surface area contributed by atoms with E-state index >= 15 is 0 Å². The Morgan fingerprint density at radius 3 is 2.90 bits per heavy atom. The fourth-order valence-electron chi connectivity index (χ4n) is 2.17. The highest BCUT2D eigenvalue weighted by molar-refractivity contribution is 5.94. The molecular formula is C12H16N4O4. The van der Waals surface area contributed by atoms with Crippen molar-refractivity contribution in [2.45, 2.75) is 6.10 Å². The minimum atomic E-state index is -0.621. The standard InChI is InChI=1S/C12H16N4O4/c13-6-9-7-15(3-4-20-9)11-5-8(12(14)17)1-2-10(11)16(18)19/h1-2,5,9H,3-4,6-7,13H2,(H2,14,17). The molecule has 1 aromatic rings. The van der Waals surface area contributed by atoms with Gasteiger partial charge in [0.2, 0.25) is 5.91 Å². The Bertz CT molecular complexity index is 534. The van der Waals surface area contributed by atoms with Gasteiger partial charge in [-0.3, -0.25) is 14.9 Å². The van der Waals surface area contributed by atoms with E-state index in [2.05, 4.69) is 0 Å². The van der Waals surface area contributed by atoms with E-state index in [1.807, 2.05) is 0 Å². The molecule has 1 saturated heterocycles. The van der Waals surface area contributed by atoms with Gasteiger partial charge in [-0.2, -0.15) is 0 Å². The molecule has 8 heteroatoms. The maximum atomic E-state index is 11.2. The molecule has 1 fully saturated rings. The van der Waals surface area contributed by atoms with Gasteiger partial charge >= 0.3 is 0 Å². The van der Waals surface area contributed by atoms with E-state index in [9.17, 15) is 14.9 Å². The summed E-state index contributed by atoms with van der Waals surface area (Å²) >= 11 is 0. The van der Waals surface area contributed by atoms with Crippen LogP contribution < -0.4 is 16.4 Å². The van der Waals surface area contributed by atoms with Gasteiger partial charge in [-0.25, -0.2) is 0 Å². The molecule has 1 aliphatic heterocycles. The van der Waals surface area contributed by atoms with Crippen LogP contribution in [0.4, 0.5) is 11.4 Å². The largest absolute Gasteiger partial charge is 0.373 e. The minimum Gasteiger partial charge on any atom is -0.373 e. The van der Waals surface area contributed by atoms with Crippen molar-refractivity contribution >= 4 is 17.3 Å². The van der Waals surface area contributed by atoms with Crippen molar-refractivity contribution in [3.8, 4) is 0 Å². The predicted octanol–water partition coefficient (Wildman–Crippen LogP) is -0.142. The molecule has 0 spiro atoms. The Kier molecular flexibility index (Phi) is 4.16. The molecule has 20 heavy (non-hydrogen) atoms. The van der Waals surface area contributed by atoms with Gasteiger partial charge in [0.15, 0.2) is 0 Å². The highest BCUT2D eigenvalue weighted by Gasteiger charge is 2.26. The number of nitro benzene ring substituents is 1. The molecule has 8 nitrogen and oxygen atoms in total. The molecule has 1 aromatic carbocycles. The second kappa shape index (κ2) is 5.85. The number of hydrogen-bond donors (Lipinski definition) is 2. The highest BCUT2D eigenvalue weighted by atomic mass is 16.6. The van der Waals surface area contributed by atoms with Crippen molar-refractivity contribution in [2.75, 3.05) is 31.1 Å². The van der Waals surface area contributed by atoms with Crippen molar-refractivity contribution in [3.63, 3.8) is 0 Å². The van der Waals surface area contributed by atoms with Crippen LogP contribution in [0.5, 0.6) is 0 Å². The highest BCUT2D eigenvalue weighted by Crippen LogP contribution is 2.30. The molecule has 1 atom stereocenters. The van der Waals surface area contributed by atoms with Crippen LogP contribution >= 0.6 is 0 Å². The number of hydrogen-bond acceptors (Lipinski definition) is 6. The molecule has 1 unspecified atom stereocenters. The van der Waals surface area contributed by atoms with E-state index in [-0.39, 0.29) is 17.4 Å². The van der Waals surface area contributed by atoms with Gasteiger partial charge in [-0.15, -0.1) is 0 Å². The monoisotopic (exact) mass is 280 g/mol. The number of nitrogens with two attached hydrogens (primary N) is 2. The minimum absolute atomic E-state index is 0.0623. The van der Waals surface area contributed by atoms with Crippen LogP contribution in [0, 0.1) is 10.1 Å². The molecule has 0 aliphatic carbocycles. The maximum Gasteiger partial charge on any atom is 0.292 e. The molecule has 0 bridgehead atoms. The number of benzene rings is 1. The van der Waals surface area contributed by atoms with Gasteiger partial charge in [-0.05, 0) is 12.1 Å². The van der Waals surface area contributed by atoms with Crippen molar-refractivity contribution < 1.29 is 14.5 Å². The van der Waals surface area contributed by atoms with Crippen LogP contribution in [0.3, 0.4) is 0 Å². The lowest BCUT2D eigenvalue weighted by molar-refractivity contribution is -0.384. The summed E-state index contributed by atoms with van der Waals surface area (Å²) in [4.78, 5) is 23.6. The van der Waals surface area contributed by atoms with Crippen LogP contribution in [-0.2, 0) is 4.74 Å². The number of carbonyl (C=O) groups excluding carboxylic acids is 1. The number of carbonyl (C=O) groups is 1. The molecule has 0 aromatic heterocycles. The number of primary amides is 1. The molecular weight excluding hydrogens is 264 g/mol. The topological polar surface area (TPSA) is 125 Å². The quantitative estimate of drug-likeness (QED) is 0.584. The van der Waals surface area contributed by atoms with E-state index in [0.717, 1.165) is 0 Å². The molecule has 2 rings (SSSR count). The molecule has 108 valence electrons. The van der Waals surface area contributed by atoms with Crippen LogP contribution in [0.2, 0.25) is 0 Å². The van der Waals surface area contributed by atoms with Gasteiger partial charge in [0.25, 0.3) is 5.69 Å². The lowest BCUT2D eigenvalue weighted by Crippen LogP contribution is -2.46. The summed E-state index contributed by atoms with van der Waals surface area (Å²) < 4.78 is 5.43. The van der Waals surface area contributed by atoms with Gasteiger partial charge < -0.3 is 21.1 Å². The summed E-state index contributed by atoms with van der Waals surface area (Å²) in [6, 6.07) is 4.09. The number of morpholine rings is 1. The second-order valence-corrected chi connectivity index (χ2v) is 4.50. The molecule has 1 amide bonds. The first-order chi connectivity index (χ1) is 9.52. The van der Waals surface area contributed by atoms with E-state index in [0.29, 0.717) is 31.9 Å². The third kappa shape index (κ3) is 2.86. The molecule has 1 heterocycles. The maximum absolute atomic E-state index is 11.2. The predicted molar refractivity (Wildman–Crippen MR) is 72.6 cm³/mol. The fraction of sp³-hybridized carbons (Fsp3) is 0.417. The summed E-state index contributed by atoms with van der Waals surface area (Å²) in [5.74, 6) is -0.621. The van der Waals surface area contributed by atoms with E-state index in [1.165, 1.54) is 18.2 Å². The Morgan fingerprint density at radius 2 is 2.30 bits per heavy atom. The van der Waals surface area contributed by atoms with Crippen LogP contribution in [-0.4, -0.2) is 43.2 Å². The van der Waals surface area contributed by atoms with Crippen molar-refractivity contribution in [2.24, 2.45) is 11.5 Å². The Labute approximate surface area is 115 Å². The van der Waals surface area contributed by atoms with Gasteiger partial charge in [0, 0.05) is 31.3 Å². The zero-order chi connectivity index (χ0) is 14.7. The average Bonchev–Trinajstić information content (AvgIpc) is 2.46. The van der Waals surface area contributed by atoms with E-state index < -0.39 is 10.8 Å². The number of ether oxygens (including phenoxy) is 1. The normalized spacial score (nSPS) is 18.9. The summed E-state index contributed by atoms with van der Waals surface area (Å²) in [5.41, 5.74) is 11.3. The fourth-order valence-corrected chi connectivity index (χ4v) is 2.17. The summed E-state index contributed by atoms with van der Waals surface area (Å²) in [7, 11) is 0. The molecule has 0 saturated carbocycles. The van der Waals surface area contributed by atoms with Crippen LogP contribution in [0.25, 0.3) is 0 Å². The number of rotatable bonds is 4. The molecule has 4 N–H and O–H groups in total. The zero-order valence-electron chi connectivity index (χ0n) is 10.8. The lowest BCUT2D eigenvalue weighted by atomic mass is 10.1. The zero-order valence-corrected chi connectivity index (χ0v) is 10.8. The first kappa shape index (κ1) is 14.2. The summed E-state index contributed by atoms with van der Waals surface area (Å²) in [6.07, 6.45) is -0.180. The number of nitro groups is 1. The van der Waals surface area contributed by atoms with Gasteiger partial charge in [0.05, 0.1) is 17.6 Å². The van der Waals surface area contributed by atoms with Gasteiger partial charge in [0.1, 0.15) is 5.69 Å². The Morgan fingerprint density at radius 1 is 1.55 bits per heavy atom. The van der Waals surface area contributed by atoms with Gasteiger partial charge in [-0.1, -0.05) is 0 Å². The Balaban J connectivity index is 2.38. The van der Waals surface area contributed by atoms with Crippen molar-refractivity contribution in [3.05, 3.63) is 33.9 Å². The first-order valence-electron chi connectivity index (χ1n) is 6.17. The summed E-state index contributed by atoms with van der Waals surface area (Å²) in [5, 5.41) is 11.1. The third-order valence-electron chi connectivity index (χ3n) is 3.20. The number of nitrogens with zero attached hydrogens (tertiary/aromatic N) is 2. The van der Waals surface area contributed by atoms with Crippen molar-refractivity contribution in [1.82, 2.24) is 0 Å². The first-order valence-corrected chi connectivity index (χ1v) is 6.17. The van der Waals surface area contributed by atoms with Crippen LogP contribution in [0.1, 0.15) is 10.4 Å². The second-order valence-electron chi connectivity index (χ2n) is 4.50. The third-order valence-corrected chi connectivity index (χ3v) is 3.20. The van der Waals surface area contributed by atoms with Crippen molar-refractivity contribution in [1.29, 1.82) is 0 Å². The molecule has 1 aliphatic rings. The number of amides is 1.